The molecule has 1 aromatic rings. The zero-order valence-electron chi connectivity index (χ0n) is 19.5. The standard InChI is InChI=1S/C24H35N3O5/c1-5-17(3)21(25-22(29)18-11-8-7-9-12-18)23(30)26(4)16-20(28)27-14-10-13-19(15-27)24(31)32-6-2/h7-9,11-12,17,19,21H,5-6,10,13-16H2,1-4H3,(H,25,29). The molecule has 1 aromatic carbocycles. The van der Waals surface area contributed by atoms with Crippen molar-refractivity contribution in [2.75, 3.05) is 33.3 Å². The van der Waals surface area contributed by atoms with Crippen LogP contribution in [0, 0.1) is 11.8 Å². The average molecular weight is 446 g/mol. The molecule has 0 radical (unpaired) electrons. The Bertz CT molecular complexity index is 798. The van der Waals surface area contributed by atoms with Crippen LogP contribution in [0.15, 0.2) is 30.3 Å². The average Bonchev–Trinajstić information content (AvgIpc) is 2.82. The Labute approximate surface area is 190 Å². The lowest BCUT2D eigenvalue weighted by atomic mass is 9.97. The lowest BCUT2D eigenvalue weighted by Gasteiger charge is -2.33. The van der Waals surface area contributed by atoms with E-state index in [0.717, 1.165) is 6.42 Å². The minimum Gasteiger partial charge on any atom is -0.466 e. The van der Waals surface area contributed by atoms with Gasteiger partial charge < -0.3 is 19.9 Å². The van der Waals surface area contributed by atoms with Gasteiger partial charge in [-0.05, 0) is 37.8 Å². The summed E-state index contributed by atoms with van der Waals surface area (Å²) in [7, 11) is 1.57. The molecule has 8 nitrogen and oxygen atoms in total. The van der Waals surface area contributed by atoms with Crippen molar-refractivity contribution in [3.63, 3.8) is 0 Å². The van der Waals surface area contributed by atoms with Crippen molar-refractivity contribution in [1.82, 2.24) is 15.1 Å². The quantitative estimate of drug-likeness (QED) is 0.587. The van der Waals surface area contributed by atoms with Crippen LogP contribution < -0.4 is 5.32 Å². The van der Waals surface area contributed by atoms with Gasteiger partial charge in [-0.2, -0.15) is 0 Å². The Hall–Kier alpha value is -2.90. The van der Waals surface area contributed by atoms with Crippen LogP contribution in [0.5, 0.6) is 0 Å². The van der Waals surface area contributed by atoms with E-state index in [9.17, 15) is 19.2 Å². The molecule has 0 aliphatic carbocycles. The molecule has 1 saturated heterocycles. The molecule has 2 rings (SSSR count). The minimum atomic E-state index is -0.737. The van der Waals surface area contributed by atoms with Crippen LogP contribution in [0.25, 0.3) is 0 Å². The fraction of sp³-hybridized carbons (Fsp3) is 0.583. The molecule has 1 fully saturated rings. The third-order valence-electron chi connectivity index (χ3n) is 5.94. The highest BCUT2D eigenvalue weighted by Crippen LogP contribution is 2.19. The Morgan fingerprint density at radius 2 is 1.88 bits per heavy atom. The van der Waals surface area contributed by atoms with Crippen molar-refractivity contribution in [3.8, 4) is 0 Å². The lowest BCUT2D eigenvalue weighted by molar-refractivity contribution is -0.152. The van der Waals surface area contributed by atoms with Crippen LogP contribution >= 0.6 is 0 Å². The normalized spacial score (nSPS) is 17.8. The van der Waals surface area contributed by atoms with Crippen molar-refractivity contribution in [2.45, 2.75) is 46.1 Å². The number of likely N-dealkylation sites (tertiary alicyclic amines) is 1. The molecule has 8 heteroatoms. The van der Waals surface area contributed by atoms with E-state index in [1.807, 2.05) is 19.9 Å². The number of rotatable bonds is 9. The molecule has 0 saturated carbocycles. The summed E-state index contributed by atoms with van der Waals surface area (Å²) >= 11 is 0. The van der Waals surface area contributed by atoms with Gasteiger partial charge in [-0.25, -0.2) is 0 Å². The first-order chi connectivity index (χ1) is 15.3. The van der Waals surface area contributed by atoms with Crippen LogP contribution in [-0.2, 0) is 19.1 Å². The van der Waals surface area contributed by atoms with Gasteiger partial charge in [0.1, 0.15) is 6.04 Å². The molecule has 3 amide bonds. The topological polar surface area (TPSA) is 96.0 Å². The van der Waals surface area contributed by atoms with E-state index < -0.39 is 6.04 Å². The summed E-state index contributed by atoms with van der Waals surface area (Å²) in [6.07, 6.45) is 2.11. The van der Waals surface area contributed by atoms with Gasteiger partial charge in [-0.15, -0.1) is 0 Å². The van der Waals surface area contributed by atoms with E-state index in [1.165, 1.54) is 4.90 Å². The number of nitrogens with zero attached hydrogens (tertiary/aromatic N) is 2. The van der Waals surface area contributed by atoms with E-state index in [0.29, 0.717) is 38.1 Å². The largest absolute Gasteiger partial charge is 0.466 e. The molecule has 1 N–H and O–H groups in total. The van der Waals surface area contributed by atoms with Gasteiger partial charge in [0.05, 0.1) is 19.1 Å². The highest BCUT2D eigenvalue weighted by molar-refractivity contribution is 5.98. The third-order valence-corrected chi connectivity index (χ3v) is 5.94. The number of amides is 3. The first kappa shape index (κ1) is 25.4. The molecule has 3 atom stereocenters. The fourth-order valence-corrected chi connectivity index (χ4v) is 3.77. The molecule has 1 heterocycles. The van der Waals surface area contributed by atoms with Crippen molar-refractivity contribution < 1.29 is 23.9 Å². The number of ether oxygens (including phenoxy) is 1. The first-order valence-electron chi connectivity index (χ1n) is 11.3. The molecule has 0 bridgehead atoms. The maximum atomic E-state index is 13.2. The summed E-state index contributed by atoms with van der Waals surface area (Å²) in [5.74, 6) is -1.56. The van der Waals surface area contributed by atoms with Gasteiger partial charge in [0.2, 0.25) is 11.8 Å². The highest BCUT2D eigenvalue weighted by Gasteiger charge is 2.33. The maximum Gasteiger partial charge on any atom is 0.310 e. The molecule has 176 valence electrons. The first-order valence-corrected chi connectivity index (χ1v) is 11.3. The number of likely N-dealkylation sites (N-methyl/N-ethyl adjacent to an activating group) is 1. The zero-order valence-corrected chi connectivity index (χ0v) is 19.5. The summed E-state index contributed by atoms with van der Waals surface area (Å²) in [5, 5.41) is 2.84. The Morgan fingerprint density at radius 3 is 2.50 bits per heavy atom. The molecule has 1 aliphatic rings. The molecule has 1 aliphatic heterocycles. The summed E-state index contributed by atoms with van der Waals surface area (Å²) in [6, 6.07) is 8.00. The fourth-order valence-electron chi connectivity index (χ4n) is 3.77. The van der Waals surface area contributed by atoms with Gasteiger partial charge in [0.25, 0.3) is 5.91 Å². The summed E-state index contributed by atoms with van der Waals surface area (Å²) in [5.41, 5.74) is 0.477. The van der Waals surface area contributed by atoms with E-state index in [1.54, 1.807) is 43.1 Å². The number of hydrogen-bond donors (Lipinski definition) is 1. The number of carbonyl (C=O) groups is 4. The number of hydrogen-bond acceptors (Lipinski definition) is 5. The van der Waals surface area contributed by atoms with Crippen molar-refractivity contribution in [1.29, 1.82) is 0 Å². The van der Waals surface area contributed by atoms with Gasteiger partial charge in [0, 0.05) is 25.7 Å². The summed E-state index contributed by atoms with van der Waals surface area (Å²) in [4.78, 5) is 53.6. The molecule has 3 unspecified atom stereocenters. The molecule has 32 heavy (non-hydrogen) atoms. The number of nitrogens with one attached hydrogen (secondary N) is 1. The SMILES string of the molecule is CCOC(=O)C1CCCN(C(=O)CN(C)C(=O)C(NC(=O)c2ccccc2)C(C)CC)C1. The number of benzene rings is 1. The predicted molar refractivity (Wildman–Crippen MR) is 121 cm³/mol. The lowest BCUT2D eigenvalue weighted by Crippen LogP contribution is -2.53. The van der Waals surface area contributed by atoms with Gasteiger partial charge in [-0.3, -0.25) is 19.2 Å². The summed E-state index contributed by atoms with van der Waals surface area (Å²) in [6.45, 7) is 6.67. The van der Waals surface area contributed by atoms with Crippen LogP contribution in [0.3, 0.4) is 0 Å². The van der Waals surface area contributed by atoms with Crippen LogP contribution in [0.2, 0.25) is 0 Å². The zero-order chi connectivity index (χ0) is 23.7. The van der Waals surface area contributed by atoms with Crippen molar-refractivity contribution >= 4 is 23.7 Å². The van der Waals surface area contributed by atoms with Crippen molar-refractivity contribution in [2.24, 2.45) is 11.8 Å². The highest BCUT2D eigenvalue weighted by atomic mass is 16.5. The van der Waals surface area contributed by atoms with Gasteiger partial charge in [0.15, 0.2) is 0 Å². The molecular formula is C24H35N3O5. The number of piperidine rings is 1. The van der Waals surface area contributed by atoms with E-state index in [2.05, 4.69) is 5.32 Å². The van der Waals surface area contributed by atoms with E-state index in [4.69, 9.17) is 4.74 Å². The van der Waals surface area contributed by atoms with Crippen LogP contribution in [0.4, 0.5) is 0 Å². The van der Waals surface area contributed by atoms with E-state index in [-0.39, 0.29) is 42.1 Å². The number of carbonyl (C=O) groups excluding carboxylic acids is 4. The second-order valence-electron chi connectivity index (χ2n) is 8.33. The van der Waals surface area contributed by atoms with Crippen molar-refractivity contribution in [3.05, 3.63) is 35.9 Å². The Balaban J connectivity index is 2.01. The molecular weight excluding hydrogens is 410 g/mol. The minimum absolute atomic E-state index is 0.101. The molecule has 0 spiro atoms. The van der Waals surface area contributed by atoms with Crippen LogP contribution in [0.1, 0.15) is 50.4 Å². The maximum absolute atomic E-state index is 13.2. The predicted octanol–water partition coefficient (Wildman–Crippen LogP) is 2.09. The Morgan fingerprint density at radius 1 is 1.19 bits per heavy atom. The van der Waals surface area contributed by atoms with E-state index >= 15 is 0 Å². The van der Waals surface area contributed by atoms with Gasteiger partial charge >= 0.3 is 5.97 Å². The van der Waals surface area contributed by atoms with Crippen LogP contribution in [-0.4, -0.2) is 72.8 Å². The number of esters is 1. The van der Waals surface area contributed by atoms with Gasteiger partial charge in [-0.1, -0.05) is 38.5 Å². The smallest absolute Gasteiger partial charge is 0.310 e. The monoisotopic (exact) mass is 445 g/mol. The Kier molecular flexibility index (Phi) is 9.68. The third kappa shape index (κ3) is 6.80. The molecule has 0 aromatic heterocycles. The summed E-state index contributed by atoms with van der Waals surface area (Å²) < 4.78 is 5.09. The second-order valence-corrected chi connectivity index (χ2v) is 8.33. The second kappa shape index (κ2) is 12.2.